The zero-order valence-electron chi connectivity index (χ0n) is 15.1. The first-order valence-electron chi connectivity index (χ1n) is 8.60. The lowest BCUT2D eigenvalue weighted by molar-refractivity contribution is -0.141. The van der Waals surface area contributed by atoms with Gasteiger partial charge in [-0.25, -0.2) is 0 Å². The number of anilines is 1. The van der Waals surface area contributed by atoms with Crippen molar-refractivity contribution in [2.45, 2.75) is 19.1 Å². The molecule has 0 saturated carbocycles. The van der Waals surface area contributed by atoms with Crippen molar-refractivity contribution in [2.75, 3.05) is 25.1 Å². The first-order chi connectivity index (χ1) is 13.3. The molecule has 1 aliphatic rings. The molecule has 0 bridgehead atoms. The Morgan fingerprint density at radius 2 is 2.00 bits per heavy atom. The summed E-state index contributed by atoms with van der Waals surface area (Å²) in [4.78, 5) is 26.1. The third-order valence-corrected chi connectivity index (χ3v) is 4.45. The van der Waals surface area contributed by atoms with Crippen molar-refractivity contribution in [1.82, 2.24) is 15.1 Å². The van der Waals surface area contributed by atoms with Crippen molar-refractivity contribution in [1.29, 1.82) is 0 Å². The summed E-state index contributed by atoms with van der Waals surface area (Å²) in [6.45, 7) is 0.465. The molecule has 7 nitrogen and oxygen atoms in total. The molecule has 1 atom stereocenters. The molecule has 10 heteroatoms. The Balaban J connectivity index is 1.51. The number of aromatic nitrogens is 2. The number of hydrogen-bond acceptors (Lipinski definition) is 4. The summed E-state index contributed by atoms with van der Waals surface area (Å²) >= 11 is 0. The summed E-state index contributed by atoms with van der Waals surface area (Å²) in [5.41, 5.74) is -0.298. The Kier molecular flexibility index (Phi) is 5.57. The van der Waals surface area contributed by atoms with Crippen molar-refractivity contribution in [3.8, 4) is 5.75 Å². The second-order valence-corrected chi connectivity index (χ2v) is 6.36. The second kappa shape index (κ2) is 7.91. The molecular formula is C18H19F3N4O3. The molecule has 1 aromatic heterocycles. The van der Waals surface area contributed by atoms with Crippen molar-refractivity contribution in [2.24, 2.45) is 5.92 Å². The molecule has 0 spiro atoms. The number of nitrogens with zero attached hydrogens (tertiary/aromatic N) is 3. The smallest absolute Gasteiger partial charge is 0.435 e. The standard InChI is InChI=1S/C18H19F3N4O3/c1-28-14-4-2-13(3-5-14)25-11-12(10-16(25)26)17(27)22-7-9-24-8-6-15(23-24)18(19,20)21/h2-6,8,12H,7,9-11H2,1H3,(H,22,27). The van der Waals surface area contributed by atoms with Crippen LogP contribution in [-0.2, 0) is 22.3 Å². The number of carbonyl (C=O) groups is 2. The quantitative estimate of drug-likeness (QED) is 0.811. The van der Waals surface area contributed by atoms with Crippen LogP contribution in [-0.4, -0.2) is 41.8 Å². The Labute approximate surface area is 159 Å². The number of carbonyl (C=O) groups excluding carboxylic acids is 2. The van der Waals surface area contributed by atoms with Crippen LogP contribution in [0, 0.1) is 5.92 Å². The van der Waals surface area contributed by atoms with E-state index in [1.54, 1.807) is 31.4 Å². The minimum atomic E-state index is -4.50. The van der Waals surface area contributed by atoms with Crippen molar-refractivity contribution in [3.63, 3.8) is 0 Å². The van der Waals surface area contributed by atoms with Gasteiger partial charge in [-0.1, -0.05) is 0 Å². The zero-order chi connectivity index (χ0) is 20.3. The van der Waals surface area contributed by atoms with Gasteiger partial charge in [-0.3, -0.25) is 14.3 Å². The van der Waals surface area contributed by atoms with Crippen LogP contribution in [0.4, 0.5) is 18.9 Å². The maximum absolute atomic E-state index is 12.5. The van der Waals surface area contributed by atoms with Gasteiger partial charge in [0.1, 0.15) is 5.75 Å². The van der Waals surface area contributed by atoms with Crippen LogP contribution in [0.3, 0.4) is 0 Å². The van der Waals surface area contributed by atoms with Crippen LogP contribution >= 0.6 is 0 Å². The van der Waals surface area contributed by atoms with Crippen LogP contribution in [0.15, 0.2) is 36.5 Å². The molecule has 28 heavy (non-hydrogen) atoms. The molecule has 150 valence electrons. The molecule has 1 aromatic carbocycles. The fraction of sp³-hybridized carbons (Fsp3) is 0.389. The number of amides is 2. The van der Waals surface area contributed by atoms with Gasteiger partial charge in [0.15, 0.2) is 5.69 Å². The van der Waals surface area contributed by atoms with Crippen LogP contribution in [0.5, 0.6) is 5.75 Å². The molecule has 1 fully saturated rings. The molecule has 2 amide bonds. The largest absolute Gasteiger partial charge is 0.497 e. The number of benzene rings is 1. The molecule has 0 radical (unpaired) electrons. The predicted octanol–water partition coefficient (Wildman–Crippen LogP) is 2.08. The summed E-state index contributed by atoms with van der Waals surface area (Å²) in [6.07, 6.45) is -3.21. The van der Waals surface area contributed by atoms with Gasteiger partial charge in [-0.15, -0.1) is 0 Å². The Morgan fingerprint density at radius 1 is 1.29 bits per heavy atom. The van der Waals surface area contributed by atoms with Gasteiger partial charge in [-0.05, 0) is 30.3 Å². The van der Waals surface area contributed by atoms with E-state index in [2.05, 4.69) is 10.4 Å². The highest BCUT2D eigenvalue weighted by Gasteiger charge is 2.35. The zero-order valence-corrected chi connectivity index (χ0v) is 15.1. The molecule has 2 heterocycles. The summed E-state index contributed by atoms with van der Waals surface area (Å²) in [5, 5.41) is 6.07. The number of rotatable bonds is 6. The Bertz CT molecular complexity index is 849. The normalized spacial score (nSPS) is 17.1. The molecule has 1 unspecified atom stereocenters. The van der Waals surface area contributed by atoms with Crippen LogP contribution in [0.1, 0.15) is 12.1 Å². The minimum absolute atomic E-state index is 0.0812. The number of halogens is 3. The lowest BCUT2D eigenvalue weighted by Gasteiger charge is -2.17. The lowest BCUT2D eigenvalue weighted by atomic mass is 10.1. The third-order valence-electron chi connectivity index (χ3n) is 4.45. The van der Waals surface area contributed by atoms with Gasteiger partial charge >= 0.3 is 6.18 Å². The number of hydrogen-bond donors (Lipinski definition) is 1. The fourth-order valence-corrected chi connectivity index (χ4v) is 2.97. The first-order valence-corrected chi connectivity index (χ1v) is 8.60. The summed E-state index contributed by atoms with van der Waals surface area (Å²) in [6, 6.07) is 7.83. The van der Waals surface area contributed by atoms with Crippen LogP contribution < -0.4 is 15.0 Å². The van der Waals surface area contributed by atoms with Crippen molar-refractivity contribution in [3.05, 3.63) is 42.2 Å². The molecule has 0 aliphatic carbocycles. The SMILES string of the molecule is COc1ccc(N2CC(C(=O)NCCn3ccc(C(F)(F)F)n3)CC2=O)cc1. The molecule has 1 N–H and O–H groups in total. The van der Waals surface area contributed by atoms with E-state index in [-0.39, 0.29) is 37.9 Å². The van der Waals surface area contributed by atoms with Gasteiger partial charge in [0.25, 0.3) is 0 Å². The Morgan fingerprint density at radius 3 is 2.61 bits per heavy atom. The number of alkyl halides is 3. The summed E-state index contributed by atoms with van der Waals surface area (Å²) in [5.74, 6) is -0.324. The predicted molar refractivity (Wildman–Crippen MR) is 93.7 cm³/mol. The van der Waals surface area contributed by atoms with E-state index in [1.165, 1.54) is 11.1 Å². The van der Waals surface area contributed by atoms with E-state index in [0.717, 1.165) is 10.7 Å². The molecule has 3 rings (SSSR count). The number of nitrogens with one attached hydrogen (secondary N) is 1. The highest BCUT2D eigenvalue weighted by molar-refractivity contribution is 6.00. The number of methoxy groups -OCH3 is 1. The van der Waals surface area contributed by atoms with E-state index in [4.69, 9.17) is 4.74 Å². The minimum Gasteiger partial charge on any atom is -0.497 e. The second-order valence-electron chi connectivity index (χ2n) is 6.36. The van der Waals surface area contributed by atoms with Crippen molar-refractivity contribution < 1.29 is 27.5 Å². The average molecular weight is 396 g/mol. The summed E-state index contributed by atoms with van der Waals surface area (Å²) < 4.78 is 43.8. The van der Waals surface area contributed by atoms with Gasteiger partial charge in [-0.2, -0.15) is 18.3 Å². The third kappa shape index (κ3) is 4.44. The molecule has 2 aromatic rings. The van der Waals surface area contributed by atoms with E-state index < -0.39 is 17.8 Å². The molecule has 1 saturated heterocycles. The average Bonchev–Trinajstić information content (AvgIpc) is 3.28. The van der Waals surface area contributed by atoms with Crippen molar-refractivity contribution >= 4 is 17.5 Å². The van der Waals surface area contributed by atoms with Gasteiger partial charge in [0, 0.05) is 31.4 Å². The highest BCUT2D eigenvalue weighted by Crippen LogP contribution is 2.28. The Hall–Kier alpha value is -3.04. The fourth-order valence-electron chi connectivity index (χ4n) is 2.97. The van der Waals surface area contributed by atoms with Gasteiger partial charge < -0.3 is 15.0 Å². The maximum atomic E-state index is 12.5. The van der Waals surface area contributed by atoms with E-state index >= 15 is 0 Å². The monoisotopic (exact) mass is 396 g/mol. The maximum Gasteiger partial charge on any atom is 0.435 e. The molecule has 1 aliphatic heterocycles. The van der Waals surface area contributed by atoms with Gasteiger partial charge in [0.2, 0.25) is 11.8 Å². The van der Waals surface area contributed by atoms with Crippen LogP contribution in [0.25, 0.3) is 0 Å². The van der Waals surface area contributed by atoms with Gasteiger partial charge in [0.05, 0.1) is 19.6 Å². The van der Waals surface area contributed by atoms with E-state index in [9.17, 15) is 22.8 Å². The summed E-state index contributed by atoms with van der Waals surface area (Å²) in [7, 11) is 1.55. The highest BCUT2D eigenvalue weighted by atomic mass is 19.4. The number of ether oxygens (including phenoxy) is 1. The lowest BCUT2D eigenvalue weighted by Crippen LogP contribution is -2.34. The van der Waals surface area contributed by atoms with Crippen LogP contribution in [0.2, 0.25) is 0 Å². The first kappa shape index (κ1) is 19.7. The van der Waals surface area contributed by atoms with E-state index in [1.807, 2.05) is 0 Å². The van der Waals surface area contributed by atoms with E-state index in [0.29, 0.717) is 11.4 Å². The topological polar surface area (TPSA) is 76.5 Å². The molecular weight excluding hydrogens is 377 g/mol.